The molecule has 0 amide bonds. The van der Waals surface area contributed by atoms with Crippen LogP contribution < -0.4 is 5.73 Å². The average molecular weight is 301 g/mol. The van der Waals surface area contributed by atoms with Crippen LogP contribution in [0.25, 0.3) is 5.57 Å². The van der Waals surface area contributed by atoms with Crippen LogP contribution in [0, 0.1) is 0 Å². The third kappa shape index (κ3) is 4.81. The molecule has 0 saturated heterocycles. The van der Waals surface area contributed by atoms with E-state index < -0.39 is 0 Å². The van der Waals surface area contributed by atoms with Gasteiger partial charge in [-0.25, -0.2) is 4.79 Å². The number of hydrogen-bond donors (Lipinski definition) is 1. The fraction of sp³-hybridized carbons (Fsp3) is 0.278. The Balaban J connectivity index is 3.30. The van der Waals surface area contributed by atoms with Gasteiger partial charge < -0.3 is 15.2 Å². The van der Waals surface area contributed by atoms with Crippen molar-refractivity contribution in [2.75, 3.05) is 19.5 Å². The highest BCUT2D eigenvalue weighted by molar-refractivity contribution is 5.93. The molecular weight excluding hydrogens is 278 g/mol. The minimum Gasteiger partial charge on any atom is -0.501 e. The predicted octanol–water partition coefficient (Wildman–Crippen LogP) is 3.96. The van der Waals surface area contributed by atoms with Gasteiger partial charge in [-0.05, 0) is 50.6 Å². The SMILES string of the molecule is C\C=C/C(=C\C=C(/C)OC)c1cc(C(=O)OCC)ccc1N. The Kier molecular flexibility index (Phi) is 6.96. The first-order valence-corrected chi connectivity index (χ1v) is 7.15. The van der Waals surface area contributed by atoms with Crippen LogP contribution in [0.3, 0.4) is 0 Å². The highest BCUT2D eigenvalue weighted by Crippen LogP contribution is 2.25. The number of nitrogens with two attached hydrogens (primary N) is 1. The molecule has 0 aromatic heterocycles. The summed E-state index contributed by atoms with van der Waals surface area (Å²) < 4.78 is 10.2. The van der Waals surface area contributed by atoms with Crippen molar-refractivity contribution in [2.45, 2.75) is 20.8 Å². The minimum absolute atomic E-state index is 0.339. The maximum atomic E-state index is 11.9. The second-order valence-corrected chi connectivity index (χ2v) is 4.63. The Labute approximate surface area is 131 Å². The molecular formula is C18H23NO3. The number of methoxy groups -OCH3 is 1. The quantitative estimate of drug-likeness (QED) is 0.374. The lowest BCUT2D eigenvalue weighted by Crippen LogP contribution is -2.06. The summed E-state index contributed by atoms with van der Waals surface area (Å²) in [6.45, 7) is 5.90. The molecule has 0 heterocycles. The van der Waals surface area contributed by atoms with Gasteiger partial charge in [0.1, 0.15) is 0 Å². The van der Waals surface area contributed by atoms with Crippen LogP contribution in [0.4, 0.5) is 5.69 Å². The van der Waals surface area contributed by atoms with Crippen molar-refractivity contribution in [3.05, 3.63) is 59.4 Å². The van der Waals surface area contributed by atoms with Gasteiger partial charge in [0.2, 0.25) is 0 Å². The fourth-order valence-electron chi connectivity index (χ4n) is 1.84. The number of allylic oxidation sites excluding steroid dienone is 6. The summed E-state index contributed by atoms with van der Waals surface area (Å²) in [5.74, 6) is 0.425. The maximum Gasteiger partial charge on any atom is 0.338 e. The Morgan fingerprint density at radius 2 is 2.05 bits per heavy atom. The summed E-state index contributed by atoms with van der Waals surface area (Å²) in [4.78, 5) is 11.9. The maximum absolute atomic E-state index is 11.9. The Hall–Kier alpha value is -2.49. The number of esters is 1. The van der Waals surface area contributed by atoms with E-state index in [-0.39, 0.29) is 5.97 Å². The number of rotatable bonds is 6. The third-order valence-electron chi connectivity index (χ3n) is 3.04. The largest absolute Gasteiger partial charge is 0.501 e. The summed E-state index contributed by atoms with van der Waals surface area (Å²) in [7, 11) is 1.62. The molecule has 1 aromatic rings. The Bertz CT molecular complexity index is 613. The van der Waals surface area contributed by atoms with E-state index in [2.05, 4.69) is 0 Å². The van der Waals surface area contributed by atoms with Crippen molar-refractivity contribution in [1.82, 2.24) is 0 Å². The van der Waals surface area contributed by atoms with Crippen LogP contribution >= 0.6 is 0 Å². The number of carbonyl (C=O) groups excluding carboxylic acids is 1. The van der Waals surface area contributed by atoms with Crippen LogP contribution in [0.1, 0.15) is 36.7 Å². The van der Waals surface area contributed by atoms with E-state index in [9.17, 15) is 4.79 Å². The van der Waals surface area contributed by atoms with Gasteiger partial charge >= 0.3 is 5.97 Å². The molecule has 0 radical (unpaired) electrons. The topological polar surface area (TPSA) is 61.5 Å². The molecule has 118 valence electrons. The molecule has 0 atom stereocenters. The molecule has 0 aliphatic heterocycles. The highest BCUT2D eigenvalue weighted by atomic mass is 16.5. The first kappa shape index (κ1) is 17.6. The lowest BCUT2D eigenvalue weighted by Gasteiger charge is -2.09. The average Bonchev–Trinajstić information content (AvgIpc) is 2.52. The molecule has 0 fully saturated rings. The zero-order valence-electron chi connectivity index (χ0n) is 13.6. The molecule has 0 spiro atoms. The highest BCUT2D eigenvalue weighted by Gasteiger charge is 2.10. The lowest BCUT2D eigenvalue weighted by molar-refractivity contribution is 0.0526. The molecule has 2 N–H and O–H groups in total. The van der Waals surface area contributed by atoms with Gasteiger partial charge in [-0.1, -0.05) is 18.2 Å². The minimum atomic E-state index is -0.354. The molecule has 0 unspecified atom stereocenters. The summed E-state index contributed by atoms with van der Waals surface area (Å²) in [5.41, 5.74) is 8.81. The van der Waals surface area contributed by atoms with Crippen molar-refractivity contribution >= 4 is 17.2 Å². The number of anilines is 1. The summed E-state index contributed by atoms with van der Waals surface area (Å²) in [6, 6.07) is 5.13. The summed E-state index contributed by atoms with van der Waals surface area (Å²) in [6.07, 6.45) is 7.60. The van der Waals surface area contributed by atoms with Gasteiger partial charge in [-0.15, -0.1) is 0 Å². The number of benzene rings is 1. The lowest BCUT2D eigenvalue weighted by atomic mass is 10.00. The van der Waals surface area contributed by atoms with E-state index in [1.807, 2.05) is 38.2 Å². The number of ether oxygens (including phenoxy) is 2. The van der Waals surface area contributed by atoms with Crippen molar-refractivity contribution in [1.29, 1.82) is 0 Å². The van der Waals surface area contributed by atoms with Gasteiger partial charge in [-0.2, -0.15) is 0 Å². The van der Waals surface area contributed by atoms with Gasteiger partial charge in [0.15, 0.2) is 0 Å². The van der Waals surface area contributed by atoms with Crippen molar-refractivity contribution < 1.29 is 14.3 Å². The van der Waals surface area contributed by atoms with Gasteiger partial charge in [-0.3, -0.25) is 0 Å². The molecule has 1 rings (SSSR count). The Morgan fingerprint density at radius 1 is 1.32 bits per heavy atom. The smallest absolute Gasteiger partial charge is 0.338 e. The summed E-state index contributed by atoms with van der Waals surface area (Å²) >= 11 is 0. The molecule has 1 aromatic carbocycles. The molecule has 0 bridgehead atoms. The second-order valence-electron chi connectivity index (χ2n) is 4.63. The van der Waals surface area contributed by atoms with Crippen LogP contribution in [0.15, 0.2) is 48.3 Å². The van der Waals surface area contributed by atoms with Crippen molar-refractivity contribution in [3.8, 4) is 0 Å². The van der Waals surface area contributed by atoms with E-state index in [1.54, 1.807) is 32.2 Å². The van der Waals surface area contributed by atoms with Gasteiger partial charge in [0.25, 0.3) is 0 Å². The van der Waals surface area contributed by atoms with E-state index in [1.165, 1.54) is 0 Å². The zero-order chi connectivity index (χ0) is 16.5. The first-order valence-electron chi connectivity index (χ1n) is 7.15. The number of nitrogen functional groups attached to an aromatic ring is 1. The second kappa shape index (κ2) is 8.72. The van der Waals surface area contributed by atoms with Crippen LogP contribution in [0.2, 0.25) is 0 Å². The fourth-order valence-corrected chi connectivity index (χ4v) is 1.84. The van der Waals surface area contributed by atoms with Crippen molar-refractivity contribution in [3.63, 3.8) is 0 Å². The standard InChI is InChI=1S/C18H23NO3/c1-5-7-14(9-8-13(3)21-4)16-12-15(10-11-17(16)19)18(20)22-6-2/h5,7-12H,6,19H2,1-4H3/b7-5-,13-8+,14-9+. The van der Waals surface area contributed by atoms with Gasteiger partial charge in [0.05, 0.1) is 25.0 Å². The number of hydrogen-bond acceptors (Lipinski definition) is 4. The van der Waals surface area contributed by atoms with E-state index >= 15 is 0 Å². The third-order valence-corrected chi connectivity index (χ3v) is 3.04. The molecule has 4 nitrogen and oxygen atoms in total. The molecule has 22 heavy (non-hydrogen) atoms. The predicted molar refractivity (Wildman–Crippen MR) is 90.4 cm³/mol. The molecule has 0 saturated carbocycles. The normalized spacial score (nSPS) is 12.5. The molecule has 0 aliphatic rings. The van der Waals surface area contributed by atoms with E-state index in [0.717, 1.165) is 16.9 Å². The van der Waals surface area contributed by atoms with Crippen LogP contribution in [0.5, 0.6) is 0 Å². The zero-order valence-corrected chi connectivity index (χ0v) is 13.6. The van der Waals surface area contributed by atoms with E-state index in [4.69, 9.17) is 15.2 Å². The summed E-state index contributed by atoms with van der Waals surface area (Å²) in [5, 5.41) is 0. The Morgan fingerprint density at radius 3 is 2.64 bits per heavy atom. The molecule has 0 aliphatic carbocycles. The van der Waals surface area contributed by atoms with Crippen molar-refractivity contribution in [2.24, 2.45) is 0 Å². The monoisotopic (exact) mass is 301 g/mol. The van der Waals surface area contributed by atoms with E-state index in [0.29, 0.717) is 17.9 Å². The first-order chi connectivity index (χ1) is 10.5. The molecule has 4 heteroatoms. The van der Waals surface area contributed by atoms with Gasteiger partial charge in [0, 0.05) is 11.3 Å². The number of carbonyl (C=O) groups is 1. The van der Waals surface area contributed by atoms with Crippen LogP contribution in [-0.2, 0) is 9.47 Å². The van der Waals surface area contributed by atoms with Crippen LogP contribution in [-0.4, -0.2) is 19.7 Å².